The fourth-order valence-electron chi connectivity index (χ4n) is 2.95. The number of aromatic nitrogens is 2. The number of hydrogen-bond acceptors (Lipinski definition) is 1. The minimum Gasteiger partial charge on any atom is -0.334 e. The minimum atomic E-state index is 0.122. The molecule has 0 aliphatic heterocycles. The summed E-state index contributed by atoms with van der Waals surface area (Å²) in [7, 11) is 2.06. The van der Waals surface area contributed by atoms with Gasteiger partial charge in [0.1, 0.15) is 5.82 Å². The fourth-order valence-corrected chi connectivity index (χ4v) is 2.95. The summed E-state index contributed by atoms with van der Waals surface area (Å²) in [5.74, 6) is 1.03. The average molecular weight is 304 g/mol. The number of imidazole rings is 1. The molecule has 0 atom stereocenters. The molecule has 23 heavy (non-hydrogen) atoms. The molecule has 0 saturated heterocycles. The molecule has 0 fully saturated rings. The Hall–Kier alpha value is -2.35. The van der Waals surface area contributed by atoms with E-state index in [-0.39, 0.29) is 5.41 Å². The molecule has 0 aliphatic carbocycles. The molecule has 2 aromatic carbocycles. The van der Waals surface area contributed by atoms with Crippen LogP contribution in [-0.4, -0.2) is 9.55 Å². The summed E-state index contributed by atoms with van der Waals surface area (Å²) < 4.78 is 2.10. The topological polar surface area (TPSA) is 17.8 Å². The van der Waals surface area contributed by atoms with E-state index in [0.29, 0.717) is 0 Å². The van der Waals surface area contributed by atoms with Gasteiger partial charge in [0.15, 0.2) is 0 Å². The Morgan fingerprint density at radius 1 is 1.00 bits per heavy atom. The Kier molecular flexibility index (Phi) is 4.08. The van der Waals surface area contributed by atoms with Crippen molar-refractivity contribution in [3.8, 4) is 22.5 Å². The van der Waals surface area contributed by atoms with E-state index in [1.165, 1.54) is 22.3 Å². The van der Waals surface area contributed by atoms with E-state index in [2.05, 4.69) is 85.9 Å². The van der Waals surface area contributed by atoms with Crippen LogP contribution in [-0.2, 0) is 12.5 Å². The number of hydrogen-bond donors (Lipinski definition) is 0. The Morgan fingerprint density at radius 2 is 1.74 bits per heavy atom. The van der Waals surface area contributed by atoms with Gasteiger partial charge in [0, 0.05) is 25.0 Å². The molecule has 0 N–H and O–H groups in total. The summed E-state index contributed by atoms with van der Waals surface area (Å²) in [6, 6.07) is 17.3. The van der Waals surface area contributed by atoms with Gasteiger partial charge >= 0.3 is 0 Å². The molecule has 1 heterocycles. The van der Waals surface area contributed by atoms with Crippen LogP contribution in [0.25, 0.3) is 22.5 Å². The van der Waals surface area contributed by atoms with E-state index < -0.39 is 0 Å². The van der Waals surface area contributed by atoms with Gasteiger partial charge in [0.05, 0.1) is 0 Å². The van der Waals surface area contributed by atoms with Crippen molar-refractivity contribution < 1.29 is 0 Å². The van der Waals surface area contributed by atoms with Crippen molar-refractivity contribution in [3.05, 3.63) is 66.5 Å². The quantitative estimate of drug-likeness (QED) is 0.627. The second-order valence-electron chi connectivity index (χ2n) is 6.73. The van der Waals surface area contributed by atoms with Crippen molar-refractivity contribution in [1.82, 2.24) is 9.55 Å². The highest BCUT2D eigenvalue weighted by atomic mass is 15.0. The maximum Gasteiger partial charge on any atom is 0.139 e. The lowest BCUT2D eigenvalue weighted by Gasteiger charge is -2.27. The molecule has 2 nitrogen and oxygen atoms in total. The standard InChI is InChI=1S/C21H24N2/c1-5-21(2,3)19-12-11-17(16-9-7-6-8-10-16)15-18(19)20-22-13-14-23(20)4/h6-15H,5H2,1-4H3. The van der Waals surface area contributed by atoms with E-state index in [4.69, 9.17) is 0 Å². The molecule has 0 saturated carbocycles. The molecule has 2 heteroatoms. The normalized spacial score (nSPS) is 11.7. The highest BCUT2D eigenvalue weighted by Gasteiger charge is 2.24. The van der Waals surface area contributed by atoms with E-state index in [1.54, 1.807) is 0 Å². The van der Waals surface area contributed by atoms with Crippen molar-refractivity contribution in [1.29, 1.82) is 0 Å². The van der Waals surface area contributed by atoms with Gasteiger partial charge < -0.3 is 4.57 Å². The van der Waals surface area contributed by atoms with Gasteiger partial charge in [-0.05, 0) is 34.6 Å². The average Bonchev–Trinajstić information content (AvgIpc) is 3.01. The van der Waals surface area contributed by atoms with Gasteiger partial charge in [-0.2, -0.15) is 0 Å². The first-order valence-electron chi connectivity index (χ1n) is 8.20. The Bertz CT molecular complexity index is 798. The van der Waals surface area contributed by atoms with Crippen LogP contribution in [0.2, 0.25) is 0 Å². The Balaban J connectivity index is 2.22. The molecular formula is C21H24N2. The van der Waals surface area contributed by atoms with Gasteiger partial charge in [0.25, 0.3) is 0 Å². The molecule has 0 radical (unpaired) electrons. The highest BCUT2D eigenvalue weighted by Crippen LogP contribution is 2.37. The molecule has 3 aromatic rings. The zero-order valence-electron chi connectivity index (χ0n) is 14.4. The first-order valence-corrected chi connectivity index (χ1v) is 8.20. The molecule has 1 aromatic heterocycles. The summed E-state index contributed by atoms with van der Waals surface area (Å²) >= 11 is 0. The van der Waals surface area contributed by atoms with Crippen LogP contribution in [0, 0.1) is 0 Å². The lowest BCUT2D eigenvalue weighted by Crippen LogP contribution is -2.17. The summed E-state index contributed by atoms with van der Waals surface area (Å²) in [6.07, 6.45) is 4.97. The number of rotatable bonds is 4. The monoisotopic (exact) mass is 304 g/mol. The number of benzene rings is 2. The summed E-state index contributed by atoms with van der Waals surface area (Å²) in [5.41, 5.74) is 5.18. The molecule has 0 bridgehead atoms. The van der Waals surface area contributed by atoms with E-state index in [9.17, 15) is 0 Å². The smallest absolute Gasteiger partial charge is 0.139 e. The van der Waals surface area contributed by atoms with Crippen molar-refractivity contribution >= 4 is 0 Å². The summed E-state index contributed by atoms with van der Waals surface area (Å²) in [5, 5.41) is 0. The third-order valence-electron chi connectivity index (χ3n) is 4.80. The van der Waals surface area contributed by atoms with Crippen LogP contribution in [0.3, 0.4) is 0 Å². The summed E-state index contributed by atoms with van der Waals surface area (Å²) in [6.45, 7) is 6.85. The third-order valence-corrected chi connectivity index (χ3v) is 4.80. The van der Waals surface area contributed by atoms with Crippen LogP contribution in [0.5, 0.6) is 0 Å². The molecule has 118 valence electrons. The second kappa shape index (κ2) is 6.04. The van der Waals surface area contributed by atoms with Crippen LogP contribution in [0.1, 0.15) is 32.8 Å². The largest absolute Gasteiger partial charge is 0.334 e. The van der Waals surface area contributed by atoms with Crippen molar-refractivity contribution in [2.75, 3.05) is 0 Å². The maximum absolute atomic E-state index is 4.59. The molecule has 0 unspecified atom stereocenters. The predicted octanol–water partition coefficient (Wildman–Crippen LogP) is 5.44. The van der Waals surface area contributed by atoms with Gasteiger partial charge in [-0.3, -0.25) is 0 Å². The van der Waals surface area contributed by atoms with Crippen LogP contribution >= 0.6 is 0 Å². The SMILES string of the molecule is CCC(C)(C)c1ccc(-c2ccccc2)cc1-c1nccn1C. The van der Waals surface area contributed by atoms with Crippen LogP contribution < -0.4 is 0 Å². The molecule has 0 aliphatic rings. The van der Waals surface area contributed by atoms with Crippen LogP contribution in [0.4, 0.5) is 0 Å². The third kappa shape index (κ3) is 2.94. The van der Waals surface area contributed by atoms with E-state index in [1.807, 2.05) is 12.4 Å². The molecular weight excluding hydrogens is 280 g/mol. The molecule has 0 spiro atoms. The van der Waals surface area contributed by atoms with Gasteiger partial charge in [-0.25, -0.2) is 4.98 Å². The van der Waals surface area contributed by atoms with E-state index in [0.717, 1.165) is 12.2 Å². The molecule has 0 amide bonds. The molecule has 3 rings (SSSR count). The van der Waals surface area contributed by atoms with E-state index >= 15 is 0 Å². The van der Waals surface area contributed by atoms with Gasteiger partial charge in [0.2, 0.25) is 0 Å². The zero-order valence-corrected chi connectivity index (χ0v) is 14.4. The van der Waals surface area contributed by atoms with Gasteiger partial charge in [-0.1, -0.05) is 63.2 Å². The maximum atomic E-state index is 4.59. The first kappa shape index (κ1) is 15.5. The Labute approximate surface area is 138 Å². The number of nitrogens with zero attached hydrogens (tertiary/aromatic N) is 2. The van der Waals surface area contributed by atoms with Crippen molar-refractivity contribution in [2.24, 2.45) is 7.05 Å². The number of aryl methyl sites for hydroxylation is 1. The van der Waals surface area contributed by atoms with Gasteiger partial charge in [-0.15, -0.1) is 0 Å². The van der Waals surface area contributed by atoms with Crippen molar-refractivity contribution in [3.63, 3.8) is 0 Å². The minimum absolute atomic E-state index is 0.122. The first-order chi connectivity index (χ1) is 11.0. The van der Waals surface area contributed by atoms with Crippen LogP contribution in [0.15, 0.2) is 60.9 Å². The Morgan fingerprint density at radius 3 is 2.35 bits per heavy atom. The zero-order chi connectivity index (χ0) is 16.4. The highest BCUT2D eigenvalue weighted by molar-refractivity contribution is 5.73. The van der Waals surface area contributed by atoms with Crippen molar-refractivity contribution in [2.45, 2.75) is 32.6 Å². The second-order valence-corrected chi connectivity index (χ2v) is 6.73. The lowest BCUT2D eigenvalue weighted by atomic mass is 9.78. The lowest BCUT2D eigenvalue weighted by molar-refractivity contribution is 0.507. The fraction of sp³-hybridized carbons (Fsp3) is 0.286. The predicted molar refractivity (Wildman–Crippen MR) is 97.4 cm³/mol. The summed E-state index contributed by atoms with van der Waals surface area (Å²) in [4.78, 5) is 4.59.